The van der Waals surface area contributed by atoms with Crippen LogP contribution in [0.25, 0.3) is 0 Å². The molecular weight excluding hydrogens is 386 g/mol. The molecule has 1 aromatic carbocycles. The van der Waals surface area contributed by atoms with Gasteiger partial charge in [0.05, 0.1) is 6.61 Å². The fraction of sp³-hybridized carbons (Fsp3) is 0.462. The van der Waals surface area contributed by atoms with Crippen molar-refractivity contribution in [2.75, 3.05) is 18.1 Å². The van der Waals surface area contributed by atoms with E-state index in [0.717, 1.165) is 15.6 Å². The summed E-state index contributed by atoms with van der Waals surface area (Å²) in [6.45, 7) is -0.646. The summed E-state index contributed by atoms with van der Waals surface area (Å²) in [6, 6.07) is 5.59. The standard InChI is InChI=1S/C13H13F3INO2/c14-13(15,16)20-7-6-18-11-5-4-10(17)8-9(11)2-1-3-12(18)19/h4-5,8H,1-3,6-7H2. The molecule has 0 spiro atoms. The van der Waals surface area contributed by atoms with Crippen LogP contribution in [0.5, 0.6) is 0 Å². The zero-order valence-electron chi connectivity index (χ0n) is 10.5. The summed E-state index contributed by atoms with van der Waals surface area (Å²) in [5.74, 6) is -0.157. The van der Waals surface area contributed by atoms with Crippen LogP contribution in [-0.4, -0.2) is 25.4 Å². The number of amides is 1. The molecule has 0 fully saturated rings. The molecule has 1 aliphatic rings. The molecule has 7 heteroatoms. The lowest BCUT2D eigenvalue weighted by atomic mass is 10.1. The van der Waals surface area contributed by atoms with Crippen molar-refractivity contribution in [2.45, 2.75) is 25.6 Å². The van der Waals surface area contributed by atoms with Gasteiger partial charge in [0.1, 0.15) is 0 Å². The van der Waals surface area contributed by atoms with Gasteiger partial charge in [0, 0.05) is 22.2 Å². The Morgan fingerprint density at radius 1 is 1.30 bits per heavy atom. The number of nitrogens with zero attached hydrogens (tertiary/aromatic N) is 1. The van der Waals surface area contributed by atoms with Gasteiger partial charge in [-0.05, 0) is 59.2 Å². The molecule has 1 heterocycles. The van der Waals surface area contributed by atoms with E-state index in [1.165, 1.54) is 4.90 Å². The van der Waals surface area contributed by atoms with E-state index in [2.05, 4.69) is 27.3 Å². The molecule has 1 aromatic rings. The third-order valence-corrected chi connectivity index (χ3v) is 3.72. The molecule has 110 valence electrons. The number of hydrogen-bond acceptors (Lipinski definition) is 2. The van der Waals surface area contributed by atoms with Crippen molar-refractivity contribution >= 4 is 34.2 Å². The molecule has 3 nitrogen and oxygen atoms in total. The Labute approximate surface area is 128 Å². The lowest BCUT2D eigenvalue weighted by Crippen LogP contribution is -2.34. The second-order valence-electron chi connectivity index (χ2n) is 4.47. The first kappa shape index (κ1) is 15.6. The maximum Gasteiger partial charge on any atom is 0.522 e. The summed E-state index contributed by atoms with van der Waals surface area (Å²) in [5.41, 5.74) is 1.69. The monoisotopic (exact) mass is 399 g/mol. The zero-order valence-corrected chi connectivity index (χ0v) is 12.7. The number of carbonyl (C=O) groups is 1. The van der Waals surface area contributed by atoms with E-state index in [9.17, 15) is 18.0 Å². The van der Waals surface area contributed by atoms with E-state index in [-0.39, 0.29) is 12.5 Å². The molecule has 0 atom stereocenters. The predicted octanol–water partition coefficient (Wildman–Crippen LogP) is 3.50. The molecule has 1 aliphatic heterocycles. The quantitative estimate of drug-likeness (QED) is 0.729. The Morgan fingerprint density at radius 3 is 2.75 bits per heavy atom. The van der Waals surface area contributed by atoms with Crippen LogP contribution in [0, 0.1) is 3.57 Å². The second kappa shape index (κ2) is 6.30. The summed E-state index contributed by atoms with van der Waals surface area (Å²) >= 11 is 2.17. The van der Waals surface area contributed by atoms with E-state index >= 15 is 0 Å². The molecule has 1 amide bonds. The van der Waals surface area contributed by atoms with Crippen molar-refractivity contribution in [2.24, 2.45) is 0 Å². The Kier molecular flexibility index (Phi) is 4.90. The Balaban J connectivity index is 2.16. The van der Waals surface area contributed by atoms with Gasteiger partial charge in [-0.15, -0.1) is 13.2 Å². The fourth-order valence-corrected chi connectivity index (χ4v) is 2.77. The van der Waals surface area contributed by atoms with Crippen LogP contribution in [0.15, 0.2) is 18.2 Å². The van der Waals surface area contributed by atoms with Gasteiger partial charge in [-0.2, -0.15) is 0 Å². The van der Waals surface area contributed by atoms with Crippen LogP contribution >= 0.6 is 22.6 Å². The number of carbonyl (C=O) groups excluding carboxylic acids is 1. The summed E-state index contributed by atoms with van der Waals surface area (Å²) in [5, 5.41) is 0. The van der Waals surface area contributed by atoms with Gasteiger partial charge >= 0.3 is 6.36 Å². The van der Waals surface area contributed by atoms with Crippen LogP contribution in [0.1, 0.15) is 18.4 Å². The minimum atomic E-state index is -4.66. The van der Waals surface area contributed by atoms with E-state index < -0.39 is 13.0 Å². The number of ether oxygens (including phenoxy) is 1. The largest absolute Gasteiger partial charge is 0.522 e. The lowest BCUT2D eigenvalue weighted by molar-refractivity contribution is -0.323. The molecule has 0 saturated heterocycles. The molecule has 0 N–H and O–H groups in total. The highest BCUT2D eigenvalue weighted by molar-refractivity contribution is 14.1. The maximum absolute atomic E-state index is 12.0. The van der Waals surface area contributed by atoms with Crippen LogP contribution < -0.4 is 4.90 Å². The molecule has 0 bridgehead atoms. The average molecular weight is 399 g/mol. The van der Waals surface area contributed by atoms with Crippen LogP contribution in [0.3, 0.4) is 0 Å². The third-order valence-electron chi connectivity index (χ3n) is 3.05. The SMILES string of the molecule is O=C1CCCc2cc(I)ccc2N1CCOC(F)(F)F. The molecule has 2 rings (SSSR count). The van der Waals surface area contributed by atoms with Gasteiger partial charge in [-0.1, -0.05) is 0 Å². The number of fused-ring (bicyclic) bond motifs is 1. The Hall–Kier alpha value is -0.830. The van der Waals surface area contributed by atoms with E-state index in [4.69, 9.17) is 0 Å². The molecule has 0 aliphatic carbocycles. The van der Waals surface area contributed by atoms with Gasteiger partial charge in [-0.3, -0.25) is 9.53 Å². The second-order valence-corrected chi connectivity index (χ2v) is 5.71. The maximum atomic E-state index is 12.0. The molecule has 20 heavy (non-hydrogen) atoms. The minimum Gasteiger partial charge on any atom is -0.310 e. The minimum absolute atomic E-state index is 0.0913. The third kappa shape index (κ3) is 4.08. The summed E-state index contributed by atoms with van der Waals surface area (Å²) in [4.78, 5) is 13.4. The van der Waals surface area contributed by atoms with Gasteiger partial charge < -0.3 is 4.90 Å². The number of benzene rings is 1. The summed E-state index contributed by atoms with van der Waals surface area (Å²) in [6.07, 6.45) is -2.85. The number of rotatable bonds is 3. The summed E-state index contributed by atoms with van der Waals surface area (Å²) in [7, 11) is 0. The number of halogens is 4. The number of hydrogen-bond donors (Lipinski definition) is 0. The normalized spacial score (nSPS) is 16.0. The van der Waals surface area contributed by atoms with Crippen molar-refractivity contribution in [3.8, 4) is 0 Å². The molecular formula is C13H13F3INO2. The molecule has 0 radical (unpaired) electrons. The lowest BCUT2D eigenvalue weighted by Gasteiger charge is -2.23. The predicted molar refractivity (Wildman–Crippen MR) is 76.5 cm³/mol. The van der Waals surface area contributed by atoms with Crippen LogP contribution in [-0.2, 0) is 16.0 Å². The smallest absolute Gasteiger partial charge is 0.310 e. The summed E-state index contributed by atoms with van der Waals surface area (Å²) < 4.78 is 40.8. The number of anilines is 1. The van der Waals surface area contributed by atoms with Crippen molar-refractivity contribution in [1.82, 2.24) is 0 Å². The van der Waals surface area contributed by atoms with Crippen LogP contribution in [0.4, 0.5) is 18.9 Å². The molecule has 0 saturated carbocycles. The van der Waals surface area contributed by atoms with E-state index in [1.54, 1.807) is 6.07 Å². The van der Waals surface area contributed by atoms with Crippen molar-refractivity contribution in [1.29, 1.82) is 0 Å². The first-order valence-electron chi connectivity index (χ1n) is 6.16. The number of aryl methyl sites for hydroxylation is 1. The van der Waals surface area contributed by atoms with Crippen molar-refractivity contribution in [3.05, 3.63) is 27.3 Å². The first-order chi connectivity index (χ1) is 9.37. The fourth-order valence-electron chi connectivity index (χ4n) is 2.21. The topological polar surface area (TPSA) is 29.5 Å². The average Bonchev–Trinajstić information content (AvgIpc) is 2.48. The van der Waals surface area contributed by atoms with Crippen molar-refractivity contribution in [3.63, 3.8) is 0 Å². The first-order valence-corrected chi connectivity index (χ1v) is 7.24. The Bertz CT molecular complexity index is 505. The molecule has 0 unspecified atom stereocenters. The molecule has 0 aromatic heterocycles. The highest BCUT2D eigenvalue weighted by Gasteiger charge is 2.30. The van der Waals surface area contributed by atoms with Gasteiger partial charge in [0.15, 0.2) is 0 Å². The highest BCUT2D eigenvalue weighted by Crippen LogP contribution is 2.28. The van der Waals surface area contributed by atoms with Gasteiger partial charge in [-0.25, -0.2) is 0 Å². The van der Waals surface area contributed by atoms with E-state index in [1.807, 2.05) is 12.1 Å². The van der Waals surface area contributed by atoms with Crippen LogP contribution in [0.2, 0.25) is 0 Å². The Morgan fingerprint density at radius 2 is 2.05 bits per heavy atom. The van der Waals surface area contributed by atoms with Crippen molar-refractivity contribution < 1.29 is 22.7 Å². The zero-order chi connectivity index (χ0) is 14.8. The highest BCUT2D eigenvalue weighted by atomic mass is 127. The van der Waals surface area contributed by atoms with E-state index in [0.29, 0.717) is 18.5 Å². The van der Waals surface area contributed by atoms with Gasteiger partial charge in [0.25, 0.3) is 0 Å². The number of alkyl halides is 3. The van der Waals surface area contributed by atoms with Gasteiger partial charge in [0.2, 0.25) is 5.91 Å².